The fourth-order valence-electron chi connectivity index (χ4n) is 1.81. The molecule has 0 bridgehead atoms. The van der Waals surface area contributed by atoms with Gasteiger partial charge in [-0.25, -0.2) is 0 Å². The molecule has 2 aromatic rings. The van der Waals surface area contributed by atoms with E-state index in [2.05, 4.69) is 55.2 Å². The van der Waals surface area contributed by atoms with Crippen LogP contribution in [0, 0.1) is 0 Å². The van der Waals surface area contributed by atoms with Gasteiger partial charge in [0.25, 0.3) is 0 Å². The van der Waals surface area contributed by atoms with E-state index in [1.807, 2.05) is 11.6 Å². The molecule has 0 fully saturated rings. The fourth-order valence-corrected chi connectivity index (χ4v) is 2.76. The van der Waals surface area contributed by atoms with Crippen molar-refractivity contribution >= 4 is 17.7 Å². The number of benzene rings is 1. The first-order valence-electron chi connectivity index (χ1n) is 6.40. The molecule has 1 aromatic heterocycles. The van der Waals surface area contributed by atoms with Crippen LogP contribution in [0.5, 0.6) is 0 Å². The van der Waals surface area contributed by atoms with Gasteiger partial charge in [0.05, 0.1) is 0 Å². The second-order valence-corrected chi connectivity index (χ2v) is 6.29. The maximum absolute atomic E-state index is 5.68. The quantitative estimate of drug-likeness (QED) is 0.870. The number of rotatable bonds is 4. The van der Waals surface area contributed by atoms with Gasteiger partial charge >= 0.3 is 0 Å². The number of nitrogen functional groups attached to an aromatic ring is 1. The third kappa shape index (κ3) is 3.10. The molecule has 0 aliphatic rings. The summed E-state index contributed by atoms with van der Waals surface area (Å²) in [5.41, 5.74) is 8.34. The van der Waals surface area contributed by atoms with Gasteiger partial charge in [-0.15, -0.1) is 10.2 Å². The van der Waals surface area contributed by atoms with Crippen LogP contribution in [0.2, 0.25) is 0 Å². The van der Waals surface area contributed by atoms with Gasteiger partial charge < -0.3 is 5.73 Å². The van der Waals surface area contributed by atoms with Crippen molar-refractivity contribution in [2.45, 2.75) is 37.1 Å². The minimum atomic E-state index is 0.323. The zero-order valence-corrected chi connectivity index (χ0v) is 12.6. The van der Waals surface area contributed by atoms with E-state index in [0.717, 1.165) is 5.16 Å². The highest BCUT2D eigenvalue weighted by Crippen LogP contribution is 2.34. The Labute approximate surface area is 118 Å². The molecule has 19 heavy (non-hydrogen) atoms. The number of nitrogens with zero attached hydrogens (tertiary/aromatic N) is 3. The lowest BCUT2D eigenvalue weighted by Crippen LogP contribution is -1.99. The normalized spacial score (nSPS) is 12.9. The number of aromatic nitrogens is 3. The number of anilines is 1. The Morgan fingerprint density at radius 1 is 1.05 bits per heavy atom. The fraction of sp³-hybridized carbons (Fsp3) is 0.429. The van der Waals surface area contributed by atoms with E-state index in [-0.39, 0.29) is 0 Å². The van der Waals surface area contributed by atoms with Crippen LogP contribution in [0.4, 0.5) is 5.95 Å². The average molecular weight is 276 g/mol. The maximum atomic E-state index is 5.68. The summed E-state index contributed by atoms with van der Waals surface area (Å²) in [6.45, 7) is 6.57. The van der Waals surface area contributed by atoms with Crippen molar-refractivity contribution in [3.8, 4) is 0 Å². The van der Waals surface area contributed by atoms with E-state index >= 15 is 0 Å². The molecule has 1 aromatic carbocycles. The molecular formula is C14H20N4S. The van der Waals surface area contributed by atoms with Crippen molar-refractivity contribution in [2.24, 2.45) is 7.05 Å². The van der Waals surface area contributed by atoms with Crippen LogP contribution in [-0.4, -0.2) is 14.8 Å². The van der Waals surface area contributed by atoms with Crippen molar-refractivity contribution in [1.82, 2.24) is 14.8 Å². The van der Waals surface area contributed by atoms with Crippen LogP contribution in [0.15, 0.2) is 29.4 Å². The van der Waals surface area contributed by atoms with E-state index in [0.29, 0.717) is 17.1 Å². The molecule has 1 atom stereocenters. The van der Waals surface area contributed by atoms with Crippen molar-refractivity contribution in [3.63, 3.8) is 0 Å². The maximum Gasteiger partial charge on any atom is 0.222 e. The predicted molar refractivity (Wildman–Crippen MR) is 80.2 cm³/mol. The summed E-state index contributed by atoms with van der Waals surface area (Å²) in [5, 5.41) is 9.12. The van der Waals surface area contributed by atoms with Gasteiger partial charge in [-0.1, -0.05) is 49.9 Å². The van der Waals surface area contributed by atoms with Crippen LogP contribution >= 0.6 is 11.8 Å². The molecule has 5 heteroatoms. The van der Waals surface area contributed by atoms with Gasteiger partial charge in [-0.05, 0) is 24.0 Å². The first-order chi connectivity index (χ1) is 8.99. The molecule has 2 rings (SSSR count). The summed E-state index contributed by atoms with van der Waals surface area (Å²) in [6.07, 6.45) is 0. The molecular weight excluding hydrogens is 256 g/mol. The predicted octanol–water partition coefficient (Wildman–Crippen LogP) is 3.37. The van der Waals surface area contributed by atoms with Gasteiger partial charge in [0.2, 0.25) is 5.95 Å². The zero-order chi connectivity index (χ0) is 14.0. The summed E-state index contributed by atoms with van der Waals surface area (Å²) in [5.74, 6) is 1.01. The van der Waals surface area contributed by atoms with Gasteiger partial charge in [0.1, 0.15) is 0 Å². The molecule has 0 aliphatic heterocycles. The molecule has 2 N–H and O–H groups in total. The second-order valence-electron chi connectivity index (χ2n) is 4.98. The summed E-state index contributed by atoms with van der Waals surface area (Å²) >= 11 is 1.67. The SMILES string of the molecule is CC(C)c1ccc([C@H](C)Sc2nnc(N)n2C)cc1. The van der Waals surface area contributed by atoms with Crippen LogP contribution in [0.25, 0.3) is 0 Å². The monoisotopic (exact) mass is 276 g/mol. The first-order valence-corrected chi connectivity index (χ1v) is 7.28. The Morgan fingerprint density at radius 3 is 2.11 bits per heavy atom. The van der Waals surface area contributed by atoms with Gasteiger partial charge in [0.15, 0.2) is 5.16 Å². The van der Waals surface area contributed by atoms with Crippen LogP contribution in [0.1, 0.15) is 43.1 Å². The lowest BCUT2D eigenvalue weighted by Gasteiger charge is -2.12. The summed E-state index contributed by atoms with van der Waals surface area (Å²) < 4.78 is 1.81. The van der Waals surface area contributed by atoms with Gasteiger partial charge in [0, 0.05) is 12.3 Å². The van der Waals surface area contributed by atoms with Crippen molar-refractivity contribution < 1.29 is 0 Å². The third-order valence-electron chi connectivity index (χ3n) is 3.22. The Balaban J connectivity index is 2.11. The van der Waals surface area contributed by atoms with E-state index in [1.54, 1.807) is 11.8 Å². The Bertz CT molecular complexity index is 545. The van der Waals surface area contributed by atoms with Crippen LogP contribution in [0.3, 0.4) is 0 Å². The van der Waals surface area contributed by atoms with E-state index < -0.39 is 0 Å². The molecule has 0 amide bonds. The van der Waals surface area contributed by atoms with E-state index in [4.69, 9.17) is 5.73 Å². The molecule has 0 radical (unpaired) electrons. The summed E-state index contributed by atoms with van der Waals surface area (Å²) in [6, 6.07) is 8.77. The van der Waals surface area contributed by atoms with E-state index in [1.165, 1.54) is 11.1 Å². The Kier molecular flexibility index (Phi) is 4.14. The Morgan fingerprint density at radius 2 is 1.63 bits per heavy atom. The molecule has 0 spiro atoms. The summed E-state index contributed by atoms with van der Waals surface area (Å²) in [4.78, 5) is 0. The Hall–Kier alpha value is -1.49. The highest BCUT2D eigenvalue weighted by atomic mass is 32.2. The van der Waals surface area contributed by atoms with Crippen molar-refractivity contribution in [3.05, 3.63) is 35.4 Å². The second kappa shape index (κ2) is 5.65. The third-order valence-corrected chi connectivity index (χ3v) is 4.42. The molecule has 1 heterocycles. The number of hydrogen-bond acceptors (Lipinski definition) is 4. The summed E-state index contributed by atoms with van der Waals surface area (Å²) in [7, 11) is 1.88. The van der Waals surface area contributed by atoms with E-state index in [9.17, 15) is 0 Å². The zero-order valence-electron chi connectivity index (χ0n) is 11.8. The standard InChI is InChI=1S/C14H20N4S/c1-9(2)11-5-7-12(8-6-11)10(3)19-14-17-16-13(15)18(14)4/h5-10H,1-4H3,(H2,15,16)/t10-/m0/s1. The van der Waals surface area contributed by atoms with Gasteiger partial charge in [-0.2, -0.15) is 0 Å². The average Bonchev–Trinajstić information content (AvgIpc) is 2.71. The van der Waals surface area contributed by atoms with Crippen molar-refractivity contribution in [1.29, 1.82) is 0 Å². The number of thioether (sulfide) groups is 1. The highest BCUT2D eigenvalue weighted by molar-refractivity contribution is 7.99. The molecule has 0 saturated carbocycles. The first kappa shape index (κ1) is 13.9. The molecule has 0 aliphatic carbocycles. The molecule has 0 saturated heterocycles. The smallest absolute Gasteiger partial charge is 0.222 e. The lowest BCUT2D eigenvalue weighted by molar-refractivity contribution is 0.792. The topological polar surface area (TPSA) is 56.7 Å². The van der Waals surface area contributed by atoms with Crippen molar-refractivity contribution in [2.75, 3.05) is 5.73 Å². The largest absolute Gasteiger partial charge is 0.368 e. The minimum absolute atomic E-state index is 0.323. The lowest BCUT2D eigenvalue weighted by atomic mass is 10.0. The molecule has 0 unspecified atom stereocenters. The number of nitrogens with two attached hydrogens (primary N) is 1. The molecule has 102 valence electrons. The van der Waals surface area contributed by atoms with Crippen LogP contribution < -0.4 is 5.73 Å². The number of hydrogen-bond donors (Lipinski definition) is 1. The molecule has 4 nitrogen and oxygen atoms in total. The minimum Gasteiger partial charge on any atom is -0.368 e. The van der Waals surface area contributed by atoms with Gasteiger partial charge in [-0.3, -0.25) is 4.57 Å². The highest BCUT2D eigenvalue weighted by Gasteiger charge is 2.13. The van der Waals surface area contributed by atoms with Crippen LogP contribution in [-0.2, 0) is 7.05 Å².